The van der Waals surface area contributed by atoms with Crippen LogP contribution in [0.25, 0.3) is 0 Å². The Kier molecular flexibility index (Phi) is 4.25. The number of anilines is 1. The number of nitrogens with zero attached hydrogens (tertiary/aromatic N) is 3. The van der Waals surface area contributed by atoms with Crippen molar-refractivity contribution in [3.05, 3.63) is 52.3 Å². The van der Waals surface area contributed by atoms with Crippen molar-refractivity contribution in [2.24, 2.45) is 0 Å². The summed E-state index contributed by atoms with van der Waals surface area (Å²) in [5.41, 5.74) is 1.52. The van der Waals surface area contributed by atoms with E-state index in [2.05, 4.69) is 31.2 Å². The monoisotopic (exact) mass is 302 g/mol. The zero-order valence-electron chi connectivity index (χ0n) is 12.7. The lowest BCUT2D eigenvalue weighted by molar-refractivity contribution is -0.385. The second-order valence-corrected chi connectivity index (χ2v) is 6.00. The molecule has 0 saturated heterocycles. The van der Waals surface area contributed by atoms with Gasteiger partial charge in [0, 0.05) is 5.69 Å². The summed E-state index contributed by atoms with van der Waals surface area (Å²) in [5, 5.41) is 17.2. The number of para-hydroxylation sites is 1. The zero-order chi connectivity index (χ0) is 16.3. The van der Waals surface area contributed by atoms with E-state index in [9.17, 15) is 14.9 Å². The van der Waals surface area contributed by atoms with E-state index in [-0.39, 0.29) is 23.6 Å². The second-order valence-electron chi connectivity index (χ2n) is 6.00. The maximum Gasteiger partial charge on any atom is 0.307 e. The van der Waals surface area contributed by atoms with Crippen molar-refractivity contribution < 1.29 is 9.72 Å². The first-order chi connectivity index (χ1) is 10.3. The van der Waals surface area contributed by atoms with Gasteiger partial charge in [-0.3, -0.25) is 19.6 Å². The Labute approximate surface area is 128 Å². The van der Waals surface area contributed by atoms with Gasteiger partial charge in [-0.2, -0.15) is 5.10 Å². The molecule has 2 aromatic rings. The van der Waals surface area contributed by atoms with Crippen LogP contribution in [-0.4, -0.2) is 20.6 Å². The molecule has 0 aliphatic carbocycles. The number of amides is 1. The van der Waals surface area contributed by atoms with Gasteiger partial charge in [-0.15, -0.1) is 0 Å². The van der Waals surface area contributed by atoms with E-state index < -0.39 is 4.92 Å². The van der Waals surface area contributed by atoms with Crippen LogP contribution in [0.15, 0.2) is 36.7 Å². The highest BCUT2D eigenvalue weighted by molar-refractivity contribution is 5.91. The third kappa shape index (κ3) is 3.69. The number of carbonyl (C=O) groups excluding carboxylic acids is 1. The average Bonchev–Trinajstić information content (AvgIpc) is 2.86. The molecule has 0 saturated carbocycles. The second kappa shape index (κ2) is 5.97. The van der Waals surface area contributed by atoms with Gasteiger partial charge >= 0.3 is 5.69 Å². The highest BCUT2D eigenvalue weighted by Gasteiger charge is 2.19. The van der Waals surface area contributed by atoms with Crippen LogP contribution in [0.5, 0.6) is 0 Å². The van der Waals surface area contributed by atoms with E-state index in [0.29, 0.717) is 0 Å². The molecule has 1 amide bonds. The summed E-state index contributed by atoms with van der Waals surface area (Å²) in [6.07, 6.45) is 2.35. The van der Waals surface area contributed by atoms with Crippen molar-refractivity contribution in [1.82, 2.24) is 9.78 Å². The molecule has 0 aliphatic rings. The third-order valence-corrected chi connectivity index (χ3v) is 3.15. The van der Waals surface area contributed by atoms with E-state index in [1.807, 2.05) is 24.3 Å². The number of rotatable bonds is 4. The topological polar surface area (TPSA) is 90.1 Å². The molecule has 1 heterocycles. The number of aromatic nitrogens is 2. The number of hydrogen-bond acceptors (Lipinski definition) is 4. The van der Waals surface area contributed by atoms with Gasteiger partial charge in [0.25, 0.3) is 0 Å². The van der Waals surface area contributed by atoms with Gasteiger partial charge in [-0.05, 0) is 17.0 Å². The lowest BCUT2D eigenvalue weighted by Crippen LogP contribution is -2.22. The Morgan fingerprint density at radius 1 is 1.36 bits per heavy atom. The predicted octanol–water partition coefficient (Wildman–Crippen LogP) is 2.73. The van der Waals surface area contributed by atoms with Crippen molar-refractivity contribution in [2.45, 2.75) is 32.7 Å². The van der Waals surface area contributed by atoms with Gasteiger partial charge in [0.1, 0.15) is 18.9 Å². The number of hydrogen-bond donors (Lipinski definition) is 1. The Hall–Kier alpha value is -2.70. The van der Waals surface area contributed by atoms with E-state index in [4.69, 9.17) is 0 Å². The van der Waals surface area contributed by atoms with E-state index >= 15 is 0 Å². The Morgan fingerprint density at radius 2 is 2.05 bits per heavy atom. The van der Waals surface area contributed by atoms with E-state index in [1.165, 1.54) is 10.9 Å². The molecule has 0 atom stereocenters. The number of carbonyl (C=O) groups is 1. The van der Waals surface area contributed by atoms with Crippen molar-refractivity contribution in [3.8, 4) is 0 Å². The number of nitrogens with one attached hydrogen (secondary N) is 1. The average molecular weight is 302 g/mol. The van der Waals surface area contributed by atoms with Crippen LogP contribution in [-0.2, 0) is 16.8 Å². The van der Waals surface area contributed by atoms with Crippen molar-refractivity contribution >= 4 is 17.3 Å². The Balaban J connectivity index is 2.11. The minimum absolute atomic E-state index is 0.0771. The van der Waals surface area contributed by atoms with Gasteiger partial charge in [-0.1, -0.05) is 39.0 Å². The number of nitro groups is 1. The van der Waals surface area contributed by atoms with Crippen molar-refractivity contribution in [2.75, 3.05) is 5.32 Å². The van der Waals surface area contributed by atoms with Crippen molar-refractivity contribution in [1.29, 1.82) is 0 Å². The standard InChI is InChI=1S/C15H18N4O3/c1-15(2,3)12-6-4-5-7-13(12)17-14(20)10-18-9-11(8-16-18)19(21)22/h4-9H,10H2,1-3H3,(H,17,20). The smallest absolute Gasteiger partial charge is 0.307 e. The molecule has 22 heavy (non-hydrogen) atoms. The van der Waals surface area contributed by atoms with Gasteiger partial charge in [0.05, 0.1) is 4.92 Å². The summed E-state index contributed by atoms with van der Waals surface area (Å²) in [6.45, 7) is 6.12. The lowest BCUT2D eigenvalue weighted by Gasteiger charge is -2.23. The predicted molar refractivity (Wildman–Crippen MR) is 82.7 cm³/mol. The van der Waals surface area contributed by atoms with Crippen LogP contribution in [0.3, 0.4) is 0 Å². The highest BCUT2D eigenvalue weighted by Crippen LogP contribution is 2.29. The first-order valence-corrected chi connectivity index (χ1v) is 6.83. The Morgan fingerprint density at radius 3 is 2.64 bits per heavy atom. The van der Waals surface area contributed by atoms with E-state index in [1.54, 1.807) is 0 Å². The normalized spacial score (nSPS) is 11.2. The Bertz CT molecular complexity index is 701. The molecule has 7 heteroatoms. The van der Waals surface area contributed by atoms with Crippen LogP contribution >= 0.6 is 0 Å². The van der Waals surface area contributed by atoms with Gasteiger partial charge in [0.2, 0.25) is 5.91 Å². The molecule has 1 aromatic carbocycles. The summed E-state index contributed by atoms with van der Waals surface area (Å²) in [4.78, 5) is 22.2. The zero-order valence-corrected chi connectivity index (χ0v) is 12.7. The van der Waals surface area contributed by atoms with Crippen molar-refractivity contribution in [3.63, 3.8) is 0 Å². The molecule has 0 spiro atoms. The summed E-state index contributed by atoms with van der Waals surface area (Å²) in [7, 11) is 0. The van der Waals surface area contributed by atoms with Crippen LogP contribution in [0.2, 0.25) is 0 Å². The molecule has 0 unspecified atom stereocenters. The first kappa shape index (κ1) is 15.7. The summed E-state index contributed by atoms with van der Waals surface area (Å²) >= 11 is 0. The molecule has 2 rings (SSSR count). The molecular weight excluding hydrogens is 284 g/mol. The fourth-order valence-corrected chi connectivity index (χ4v) is 2.12. The molecule has 1 N–H and O–H groups in total. The maximum atomic E-state index is 12.1. The summed E-state index contributed by atoms with van der Waals surface area (Å²) in [5.74, 6) is -0.283. The fourth-order valence-electron chi connectivity index (χ4n) is 2.12. The largest absolute Gasteiger partial charge is 0.324 e. The quantitative estimate of drug-likeness (QED) is 0.694. The molecule has 0 bridgehead atoms. The summed E-state index contributed by atoms with van der Waals surface area (Å²) in [6, 6.07) is 7.58. The maximum absolute atomic E-state index is 12.1. The molecule has 1 aromatic heterocycles. The minimum atomic E-state index is -0.545. The highest BCUT2D eigenvalue weighted by atomic mass is 16.6. The fraction of sp³-hybridized carbons (Fsp3) is 0.333. The molecule has 0 fully saturated rings. The SMILES string of the molecule is CC(C)(C)c1ccccc1NC(=O)Cn1cc([N+](=O)[O-])cn1. The van der Waals surface area contributed by atoms with E-state index in [0.717, 1.165) is 17.4 Å². The third-order valence-electron chi connectivity index (χ3n) is 3.15. The lowest BCUT2D eigenvalue weighted by atomic mass is 9.86. The van der Waals surface area contributed by atoms with Gasteiger partial charge < -0.3 is 5.32 Å². The van der Waals surface area contributed by atoms with Gasteiger partial charge in [0.15, 0.2) is 0 Å². The van der Waals surface area contributed by atoms with Crippen LogP contribution < -0.4 is 5.32 Å². The molecule has 0 radical (unpaired) electrons. The molecule has 7 nitrogen and oxygen atoms in total. The minimum Gasteiger partial charge on any atom is -0.324 e. The summed E-state index contributed by atoms with van der Waals surface area (Å²) < 4.78 is 1.24. The molecule has 116 valence electrons. The first-order valence-electron chi connectivity index (χ1n) is 6.83. The van der Waals surface area contributed by atoms with Crippen LogP contribution in [0.1, 0.15) is 26.3 Å². The van der Waals surface area contributed by atoms with Crippen LogP contribution in [0, 0.1) is 10.1 Å². The van der Waals surface area contributed by atoms with Gasteiger partial charge in [-0.25, -0.2) is 0 Å². The molecular formula is C15H18N4O3. The molecule has 0 aliphatic heterocycles. The number of benzene rings is 1. The van der Waals surface area contributed by atoms with Crippen LogP contribution in [0.4, 0.5) is 11.4 Å².